The first-order chi connectivity index (χ1) is 9.09. The summed E-state index contributed by atoms with van der Waals surface area (Å²) >= 11 is 6.16. The van der Waals surface area contributed by atoms with Crippen molar-refractivity contribution in [3.8, 4) is 11.5 Å². The minimum Gasteiger partial charge on any atom is -0.490 e. The molecule has 0 radical (unpaired) electrons. The summed E-state index contributed by atoms with van der Waals surface area (Å²) < 4.78 is 11.2. The SMILES string of the molecule is NC(CCC(=O)O)c1c(Cl)ccc2c1OCCCO2. The second-order valence-electron chi connectivity index (χ2n) is 4.38. The van der Waals surface area contributed by atoms with E-state index in [1.807, 2.05) is 0 Å². The Balaban J connectivity index is 2.29. The number of ether oxygens (including phenoxy) is 2. The average molecular weight is 286 g/mol. The highest BCUT2D eigenvalue weighted by Gasteiger charge is 2.22. The highest BCUT2D eigenvalue weighted by molar-refractivity contribution is 6.31. The first-order valence-electron chi connectivity index (χ1n) is 6.15. The summed E-state index contributed by atoms with van der Waals surface area (Å²) in [6.45, 7) is 1.12. The third-order valence-corrected chi connectivity index (χ3v) is 3.27. The normalized spacial score (nSPS) is 15.7. The second kappa shape index (κ2) is 6.12. The Labute approximate surface area is 116 Å². The Kier molecular flexibility index (Phi) is 4.50. The number of nitrogens with two attached hydrogens (primary N) is 1. The van der Waals surface area contributed by atoms with Gasteiger partial charge >= 0.3 is 5.97 Å². The van der Waals surface area contributed by atoms with Gasteiger partial charge in [-0.15, -0.1) is 0 Å². The molecule has 2 rings (SSSR count). The van der Waals surface area contributed by atoms with E-state index in [4.69, 9.17) is 31.9 Å². The Morgan fingerprint density at radius 2 is 2.16 bits per heavy atom. The minimum atomic E-state index is -0.884. The van der Waals surface area contributed by atoms with Crippen molar-refractivity contribution in [3.63, 3.8) is 0 Å². The van der Waals surface area contributed by atoms with Gasteiger partial charge in [0, 0.05) is 29.5 Å². The number of carboxylic acid groups (broad SMARTS) is 1. The van der Waals surface area contributed by atoms with Crippen LogP contribution >= 0.6 is 11.6 Å². The molecule has 0 bridgehead atoms. The van der Waals surface area contributed by atoms with Crippen molar-refractivity contribution in [1.82, 2.24) is 0 Å². The van der Waals surface area contributed by atoms with Crippen molar-refractivity contribution in [2.24, 2.45) is 5.73 Å². The zero-order valence-electron chi connectivity index (χ0n) is 10.4. The minimum absolute atomic E-state index is 0.0119. The van der Waals surface area contributed by atoms with Crippen molar-refractivity contribution in [2.75, 3.05) is 13.2 Å². The number of aliphatic carboxylic acids is 1. The topological polar surface area (TPSA) is 81.8 Å². The van der Waals surface area contributed by atoms with Crippen LogP contribution in [0.15, 0.2) is 12.1 Å². The third-order valence-electron chi connectivity index (χ3n) is 2.94. The molecule has 1 atom stereocenters. The number of carbonyl (C=O) groups is 1. The predicted octanol–water partition coefficient (Wildman–Crippen LogP) is 2.37. The molecule has 3 N–H and O–H groups in total. The molecule has 1 heterocycles. The first-order valence-corrected chi connectivity index (χ1v) is 6.52. The fourth-order valence-corrected chi connectivity index (χ4v) is 2.29. The molecule has 0 saturated heterocycles. The van der Waals surface area contributed by atoms with Gasteiger partial charge in [-0.05, 0) is 18.6 Å². The van der Waals surface area contributed by atoms with E-state index in [0.717, 1.165) is 6.42 Å². The van der Waals surface area contributed by atoms with Crippen LogP contribution in [0.3, 0.4) is 0 Å². The van der Waals surface area contributed by atoms with Crippen LogP contribution in [0.4, 0.5) is 0 Å². The number of benzene rings is 1. The van der Waals surface area contributed by atoms with Crippen LogP contribution < -0.4 is 15.2 Å². The highest BCUT2D eigenvalue weighted by Crippen LogP contribution is 2.41. The van der Waals surface area contributed by atoms with E-state index >= 15 is 0 Å². The maximum Gasteiger partial charge on any atom is 0.303 e. The van der Waals surface area contributed by atoms with Gasteiger partial charge in [-0.3, -0.25) is 4.79 Å². The van der Waals surface area contributed by atoms with Gasteiger partial charge in [0.2, 0.25) is 0 Å². The van der Waals surface area contributed by atoms with Crippen molar-refractivity contribution < 1.29 is 19.4 Å². The lowest BCUT2D eigenvalue weighted by atomic mass is 10.0. The quantitative estimate of drug-likeness (QED) is 0.887. The van der Waals surface area contributed by atoms with Crippen molar-refractivity contribution in [1.29, 1.82) is 0 Å². The monoisotopic (exact) mass is 285 g/mol. The van der Waals surface area contributed by atoms with Gasteiger partial charge in [-0.1, -0.05) is 11.6 Å². The number of hydrogen-bond acceptors (Lipinski definition) is 4. The summed E-state index contributed by atoms with van der Waals surface area (Å²) in [7, 11) is 0. The van der Waals surface area contributed by atoms with Crippen molar-refractivity contribution in [2.45, 2.75) is 25.3 Å². The lowest BCUT2D eigenvalue weighted by Gasteiger charge is -2.18. The number of hydrogen-bond donors (Lipinski definition) is 2. The number of rotatable bonds is 4. The number of carboxylic acids is 1. The molecule has 1 aromatic rings. The predicted molar refractivity (Wildman–Crippen MR) is 70.9 cm³/mol. The molecule has 1 aliphatic rings. The highest BCUT2D eigenvalue weighted by atomic mass is 35.5. The van der Waals surface area contributed by atoms with E-state index in [-0.39, 0.29) is 6.42 Å². The Morgan fingerprint density at radius 1 is 1.42 bits per heavy atom. The molecule has 5 nitrogen and oxygen atoms in total. The summed E-state index contributed by atoms with van der Waals surface area (Å²) in [6, 6.07) is 2.96. The van der Waals surface area contributed by atoms with Gasteiger partial charge in [0.05, 0.1) is 13.2 Å². The fraction of sp³-hybridized carbons (Fsp3) is 0.462. The molecule has 1 unspecified atom stereocenters. The van der Waals surface area contributed by atoms with Gasteiger partial charge in [0.15, 0.2) is 11.5 Å². The van der Waals surface area contributed by atoms with E-state index in [1.165, 1.54) is 0 Å². The van der Waals surface area contributed by atoms with Crippen LogP contribution in [0.5, 0.6) is 11.5 Å². The third kappa shape index (κ3) is 3.30. The summed E-state index contributed by atoms with van der Waals surface area (Å²) in [5.74, 6) is 0.274. The second-order valence-corrected chi connectivity index (χ2v) is 4.78. The molecule has 0 aromatic heterocycles. The lowest BCUT2D eigenvalue weighted by molar-refractivity contribution is -0.137. The average Bonchev–Trinajstić information content (AvgIpc) is 2.61. The summed E-state index contributed by atoms with van der Waals surface area (Å²) in [5.41, 5.74) is 6.66. The molecule has 0 spiro atoms. The Morgan fingerprint density at radius 3 is 2.89 bits per heavy atom. The summed E-state index contributed by atoms with van der Waals surface area (Å²) in [6.07, 6.45) is 1.08. The molecule has 19 heavy (non-hydrogen) atoms. The van der Waals surface area contributed by atoms with Crippen molar-refractivity contribution >= 4 is 17.6 Å². The van der Waals surface area contributed by atoms with E-state index in [1.54, 1.807) is 12.1 Å². The Hall–Kier alpha value is -1.46. The molecule has 0 aliphatic carbocycles. The van der Waals surface area contributed by atoms with Crippen LogP contribution in [-0.2, 0) is 4.79 Å². The van der Waals surface area contributed by atoms with Gasteiger partial charge in [0.25, 0.3) is 0 Å². The van der Waals surface area contributed by atoms with Gasteiger partial charge < -0.3 is 20.3 Å². The molecule has 104 valence electrons. The smallest absolute Gasteiger partial charge is 0.303 e. The maximum atomic E-state index is 10.6. The van der Waals surface area contributed by atoms with Crippen LogP contribution in [0.25, 0.3) is 0 Å². The molecule has 1 aromatic carbocycles. The van der Waals surface area contributed by atoms with E-state index in [0.29, 0.717) is 41.7 Å². The van der Waals surface area contributed by atoms with Gasteiger partial charge in [-0.25, -0.2) is 0 Å². The van der Waals surface area contributed by atoms with Gasteiger partial charge in [-0.2, -0.15) is 0 Å². The largest absolute Gasteiger partial charge is 0.490 e. The van der Waals surface area contributed by atoms with Crippen LogP contribution in [0.2, 0.25) is 5.02 Å². The van der Waals surface area contributed by atoms with Crippen LogP contribution in [-0.4, -0.2) is 24.3 Å². The number of halogens is 1. The van der Waals surface area contributed by atoms with Crippen molar-refractivity contribution in [3.05, 3.63) is 22.7 Å². The molecular formula is C13H16ClNO4. The molecule has 6 heteroatoms. The molecular weight excluding hydrogens is 270 g/mol. The summed E-state index contributed by atoms with van der Waals surface area (Å²) in [4.78, 5) is 10.6. The summed E-state index contributed by atoms with van der Waals surface area (Å²) in [5, 5.41) is 9.19. The van der Waals surface area contributed by atoms with Crippen LogP contribution in [0, 0.1) is 0 Å². The molecule has 0 saturated carbocycles. The molecule has 0 amide bonds. The fourth-order valence-electron chi connectivity index (χ4n) is 2.00. The van der Waals surface area contributed by atoms with Crippen LogP contribution in [0.1, 0.15) is 30.9 Å². The molecule has 0 fully saturated rings. The zero-order valence-corrected chi connectivity index (χ0v) is 11.2. The standard InChI is InChI=1S/C13H16ClNO4/c14-8-2-4-10-13(19-7-1-6-18-10)12(8)9(15)3-5-11(16)17/h2,4,9H,1,3,5-7,15H2,(H,16,17). The lowest BCUT2D eigenvalue weighted by Crippen LogP contribution is -2.14. The zero-order chi connectivity index (χ0) is 13.8. The van der Waals surface area contributed by atoms with E-state index in [9.17, 15) is 4.79 Å². The number of fused-ring (bicyclic) bond motifs is 1. The van der Waals surface area contributed by atoms with Gasteiger partial charge in [0.1, 0.15) is 0 Å². The first kappa shape index (κ1) is 14.0. The Bertz CT molecular complexity index is 478. The molecule has 1 aliphatic heterocycles. The van der Waals surface area contributed by atoms with E-state index in [2.05, 4.69) is 0 Å². The van der Waals surface area contributed by atoms with E-state index < -0.39 is 12.0 Å². The maximum absolute atomic E-state index is 10.6.